The van der Waals surface area contributed by atoms with E-state index in [1.54, 1.807) is 18.9 Å². The Bertz CT molecular complexity index is 1110. The lowest BCUT2D eigenvalue weighted by atomic mass is 9.81. The van der Waals surface area contributed by atoms with Crippen LogP contribution in [0.3, 0.4) is 0 Å². The maximum Gasteiger partial charge on any atom is 0.248 e. The van der Waals surface area contributed by atoms with Gasteiger partial charge in [-0.2, -0.15) is 0 Å². The Morgan fingerprint density at radius 1 is 1.05 bits per heavy atom. The molecule has 9 nitrogen and oxygen atoms in total. The number of hydrogen-bond donors (Lipinski definition) is 3. The Morgan fingerprint density at radius 3 is 2.48 bits per heavy atom. The van der Waals surface area contributed by atoms with E-state index < -0.39 is 30.0 Å². The summed E-state index contributed by atoms with van der Waals surface area (Å²) < 4.78 is 33.8. The first kappa shape index (κ1) is 34.3. The number of benzene rings is 1. The Balaban J connectivity index is 0.00000242. The molecule has 1 aromatic carbocycles. The summed E-state index contributed by atoms with van der Waals surface area (Å²) >= 11 is 0. The molecule has 4 aliphatic rings. The highest BCUT2D eigenvalue weighted by atomic mass is 35.5. The maximum absolute atomic E-state index is 14.3. The van der Waals surface area contributed by atoms with Crippen molar-refractivity contribution in [3.8, 4) is 5.75 Å². The van der Waals surface area contributed by atoms with Crippen LogP contribution in [-0.2, 0) is 14.4 Å². The van der Waals surface area contributed by atoms with Gasteiger partial charge in [-0.05, 0) is 58.2 Å². The number of halogens is 4. The highest BCUT2D eigenvalue weighted by Gasteiger charge is 2.47. The van der Waals surface area contributed by atoms with Gasteiger partial charge >= 0.3 is 0 Å². The molecule has 0 radical (unpaired) electrons. The highest BCUT2D eigenvalue weighted by molar-refractivity contribution is 5.93. The van der Waals surface area contributed by atoms with Crippen LogP contribution in [0.5, 0.6) is 5.75 Å². The van der Waals surface area contributed by atoms with Gasteiger partial charge in [-0.15, -0.1) is 24.8 Å². The lowest BCUT2D eigenvalue weighted by Crippen LogP contribution is -2.66. The molecule has 2 saturated heterocycles. The molecule has 0 bridgehead atoms. The number of carbonyl (C=O) groups excluding carboxylic acids is 3. The first-order chi connectivity index (χ1) is 19.2. The van der Waals surface area contributed by atoms with Crippen molar-refractivity contribution in [1.29, 1.82) is 0 Å². The Kier molecular flexibility index (Phi) is 11.8. The van der Waals surface area contributed by atoms with Crippen molar-refractivity contribution in [2.75, 3.05) is 33.3 Å². The molecule has 0 aromatic heterocycles. The molecule has 5 atom stereocenters. The lowest BCUT2D eigenvalue weighted by Gasteiger charge is -2.45. The number of amides is 3. The molecule has 0 unspecified atom stereocenters. The molecule has 42 heavy (non-hydrogen) atoms. The quantitative estimate of drug-likeness (QED) is 0.427. The largest absolute Gasteiger partial charge is 0.493 e. The SMILES string of the molecule is CN[C@@H](C)C(=O)N[C@H](C(=O)N1C[C@H]2CCCN2C[C@H]1C(=O)N[C@@H]1CCOc2ccccc21)C1CCC(F)(F)CC1.Cl.Cl. The van der Waals surface area contributed by atoms with E-state index in [-0.39, 0.29) is 80.3 Å². The van der Waals surface area contributed by atoms with Gasteiger partial charge in [0, 0.05) is 44.0 Å². The van der Waals surface area contributed by atoms with Gasteiger partial charge < -0.3 is 25.6 Å². The van der Waals surface area contributed by atoms with E-state index in [2.05, 4.69) is 20.9 Å². The molecule has 13 heteroatoms. The van der Waals surface area contributed by atoms with Crippen molar-refractivity contribution < 1.29 is 27.9 Å². The topological polar surface area (TPSA) is 103 Å². The second kappa shape index (κ2) is 14.5. The average molecular weight is 635 g/mol. The predicted octanol–water partition coefficient (Wildman–Crippen LogP) is 3.06. The summed E-state index contributed by atoms with van der Waals surface area (Å²) in [6.45, 7) is 3.81. The second-order valence-corrected chi connectivity index (χ2v) is 11.7. The predicted molar refractivity (Wildman–Crippen MR) is 159 cm³/mol. The molecule has 1 aliphatic carbocycles. The Morgan fingerprint density at radius 2 is 1.76 bits per heavy atom. The number of fused-ring (bicyclic) bond motifs is 2. The number of hydrogen-bond acceptors (Lipinski definition) is 6. The summed E-state index contributed by atoms with van der Waals surface area (Å²) in [5.41, 5.74) is 0.907. The van der Waals surface area contributed by atoms with Gasteiger partial charge in [0.1, 0.15) is 17.8 Å². The van der Waals surface area contributed by atoms with Crippen molar-refractivity contribution in [1.82, 2.24) is 25.8 Å². The first-order valence-corrected chi connectivity index (χ1v) is 14.6. The van der Waals surface area contributed by atoms with Gasteiger partial charge in [0.2, 0.25) is 23.6 Å². The van der Waals surface area contributed by atoms with E-state index in [4.69, 9.17) is 4.74 Å². The van der Waals surface area contributed by atoms with Gasteiger partial charge in [0.25, 0.3) is 0 Å². The minimum atomic E-state index is -2.76. The van der Waals surface area contributed by atoms with Crippen LogP contribution in [0.25, 0.3) is 0 Å². The second-order valence-electron chi connectivity index (χ2n) is 11.7. The van der Waals surface area contributed by atoms with E-state index >= 15 is 0 Å². The molecule has 3 N–H and O–H groups in total. The van der Waals surface area contributed by atoms with Crippen molar-refractivity contribution in [3.05, 3.63) is 29.8 Å². The van der Waals surface area contributed by atoms with Crippen LogP contribution in [0.4, 0.5) is 8.78 Å². The zero-order chi connectivity index (χ0) is 28.4. The standard InChI is InChI=1S/C29H41F2N5O4.2ClH/c1-18(32-2)26(37)34-25(19-9-12-29(30,31)13-10-19)28(39)36-16-20-6-5-14-35(20)17-23(36)27(38)33-22-11-15-40-24-8-4-3-7-21(22)24;;/h3-4,7-8,18-20,22-23,25,32H,5-6,9-17H2,1-2H3,(H,33,38)(H,34,37);2*1H/t18-,20+,22+,23-,25-;;/m0../s1. The molecule has 0 spiro atoms. The van der Waals surface area contributed by atoms with Crippen LogP contribution in [-0.4, -0.2) is 90.9 Å². The molecular weight excluding hydrogens is 591 g/mol. The number of likely N-dealkylation sites (N-methyl/N-ethyl adjacent to an activating group) is 1. The van der Waals surface area contributed by atoms with E-state index in [1.165, 1.54) is 0 Å². The van der Waals surface area contributed by atoms with Crippen LogP contribution >= 0.6 is 24.8 Å². The lowest BCUT2D eigenvalue weighted by molar-refractivity contribution is -0.150. The third-order valence-electron chi connectivity index (χ3n) is 9.17. The summed E-state index contributed by atoms with van der Waals surface area (Å²) in [5, 5.41) is 8.92. The smallest absolute Gasteiger partial charge is 0.248 e. The van der Waals surface area contributed by atoms with Crippen LogP contribution in [0.2, 0.25) is 0 Å². The van der Waals surface area contributed by atoms with Crippen LogP contribution < -0.4 is 20.7 Å². The van der Waals surface area contributed by atoms with E-state index in [1.807, 2.05) is 24.3 Å². The fraction of sp³-hybridized carbons (Fsp3) is 0.690. The molecule has 236 valence electrons. The average Bonchev–Trinajstić information content (AvgIpc) is 3.42. The van der Waals surface area contributed by atoms with Crippen molar-refractivity contribution in [2.24, 2.45) is 5.92 Å². The van der Waals surface area contributed by atoms with Crippen LogP contribution in [0.15, 0.2) is 24.3 Å². The van der Waals surface area contributed by atoms with E-state index in [0.29, 0.717) is 26.1 Å². The zero-order valence-corrected chi connectivity index (χ0v) is 25.8. The number of alkyl halides is 2. The van der Waals surface area contributed by atoms with Crippen molar-refractivity contribution in [3.63, 3.8) is 0 Å². The number of carbonyl (C=O) groups is 3. The van der Waals surface area contributed by atoms with Gasteiger partial charge in [-0.3, -0.25) is 19.3 Å². The number of piperazine rings is 1. The molecule has 3 fully saturated rings. The monoisotopic (exact) mass is 633 g/mol. The summed E-state index contributed by atoms with van der Waals surface area (Å²) in [4.78, 5) is 45.0. The minimum absolute atomic E-state index is 0. The van der Waals surface area contributed by atoms with Crippen molar-refractivity contribution >= 4 is 42.5 Å². The fourth-order valence-electron chi connectivity index (χ4n) is 6.61. The molecule has 5 rings (SSSR count). The number of para-hydroxylation sites is 1. The molecule has 3 aliphatic heterocycles. The number of ether oxygens (including phenoxy) is 1. The van der Waals surface area contributed by atoms with Gasteiger partial charge in [0.05, 0.1) is 18.7 Å². The molecule has 3 amide bonds. The Labute approximate surface area is 258 Å². The number of nitrogens with one attached hydrogen (secondary N) is 3. The molecular formula is C29H43Cl2F2N5O4. The Hall–Kier alpha value is -2.21. The van der Waals surface area contributed by atoms with Gasteiger partial charge in [-0.1, -0.05) is 18.2 Å². The van der Waals surface area contributed by atoms with E-state index in [0.717, 1.165) is 30.7 Å². The minimum Gasteiger partial charge on any atom is -0.493 e. The third-order valence-corrected chi connectivity index (χ3v) is 9.17. The number of nitrogens with zero attached hydrogens (tertiary/aromatic N) is 2. The summed E-state index contributed by atoms with van der Waals surface area (Å²) in [6, 6.07) is 5.25. The van der Waals surface area contributed by atoms with Gasteiger partial charge in [0.15, 0.2) is 0 Å². The fourth-order valence-corrected chi connectivity index (χ4v) is 6.61. The van der Waals surface area contributed by atoms with Gasteiger partial charge in [-0.25, -0.2) is 8.78 Å². The summed E-state index contributed by atoms with van der Waals surface area (Å²) in [7, 11) is 1.65. The van der Waals surface area contributed by atoms with Crippen LogP contribution in [0.1, 0.15) is 63.5 Å². The van der Waals surface area contributed by atoms with Crippen LogP contribution in [0, 0.1) is 5.92 Å². The molecule has 1 saturated carbocycles. The molecule has 3 heterocycles. The third kappa shape index (κ3) is 7.46. The molecule has 1 aromatic rings. The summed E-state index contributed by atoms with van der Waals surface area (Å²) in [6.07, 6.45) is 2.17. The highest BCUT2D eigenvalue weighted by Crippen LogP contribution is 2.38. The normalized spacial score (nSPS) is 26.7. The van der Waals surface area contributed by atoms with Crippen molar-refractivity contribution in [2.45, 2.75) is 88.0 Å². The first-order valence-electron chi connectivity index (χ1n) is 14.6. The zero-order valence-electron chi connectivity index (χ0n) is 24.2. The summed E-state index contributed by atoms with van der Waals surface area (Å²) in [5.74, 6) is -3.41. The number of rotatable bonds is 7. The maximum atomic E-state index is 14.3. The van der Waals surface area contributed by atoms with E-state index in [9.17, 15) is 23.2 Å².